The molecule has 0 radical (unpaired) electrons. The Balaban J connectivity index is 1.53. The van der Waals surface area contributed by atoms with Gasteiger partial charge in [-0.15, -0.1) is 0 Å². The average Bonchev–Trinajstić information content (AvgIpc) is 3.61. The van der Waals surface area contributed by atoms with Crippen molar-refractivity contribution in [1.29, 1.82) is 0 Å². The van der Waals surface area contributed by atoms with E-state index >= 15 is 0 Å². The number of nitrogens with zero attached hydrogens (tertiary/aromatic N) is 1. The van der Waals surface area contributed by atoms with Crippen LogP contribution in [0.1, 0.15) is 37.8 Å². The molecule has 1 unspecified atom stereocenters. The maximum atomic E-state index is 14.8. The third-order valence-corrected chi connectivity index (χ3v) is 8.70. The highest BCUT2D eigenvalue weighted by atomic mass is 32.3. The maximum absolute atomic E-state index is 14.8. The van der Waals surface area contributed by atoms with E-state index in [1.165, 1.54) is 19.1 Å². The standard InChI is InChI=1S/C24H22FNO7S/c1-14(27)31-22-12-16-13-26(11-10-19(16)34(22)32-20(28)8-9-21(29)33-34)23(24(30)15-6-7-15)17-4-2-3-5-18(17)25/h2-5,8-9,12,15,23H,6-7,10-11,13H2,1H3. The molecule has 3 aliphatic heterocycles. The molecule has 4 aliphatic rings. The van der Waals surface area contributed by atoms with E-state index in [1.807, 2.05) is 4.90 Å². The largest absolute Gasteiger partial charge is 0.408 e. The molecule has 0 saturated heterocycles. The highest BCUT2D eigenvalue weighted by molar-refractivity contribution is 8.32. The van der Waals surface area contributed by atoms with E-state index in [9.17, 15) is 23.6 Å². The smallest absolute Gasteiger partial charge is 0.354 e. The molecule has 0 aromatic heterocycles. The Morgan fingerprint density at radius 2 is 1.82 bits per heavy atom. The van der Waals surface area contributed by atoms with Gasteiger partial charge in [-0.25, -0.2) is 14.0 Å². The summed E-state index contributed by atoms with van der Waals surface area (Å²) < 4.78 is 31.2. The lowest BCUT2D eigenvalue weighted by Crippen LogP contribution is -2.40. The zero-order valence-corrected chi connectivity index (χ0v) is 19.1. The first-order valence-electron chi connectivity index (χ1n) is 10.9. The number of ether oxygens (including phenoxy) is 1. The Labute approximate surface area is 196 Å². The molecule has 3 heterocycles. The van der Waals surface area contributed by atoms with E-state index in [1.54, 1.807) is 18.2 Å². The summed E-state index contributed by atoms with van der Waals surface area (Å²) in [7, 11) is -3.13. The molecule has 1 aromatic carbocycles. The van der Waals surface area contributed by atoms with Crippen LogP contribution in [0.25, 0.3) is 0 Å². The van der Waals surface area contributed by atoms with Gasteiger partial charge < -0.3 is 13.1 Å². The van der Waals surface area contributed by atoms with Crippen LogP contribution in [-0.2, 0) is 32.3 Å². The van der Waals surface area contributed by atoms with Crippen molar-refractivity contribution in [3.63, 3.8) is 0 Å². The molecule has 1 spiro atoms. The summed E-state index contributed by atoms with van der Waals surface area (Å²) in [5.74, 6) is -2.82. The van der Waals surface area contributed by atoms with Gasteiger partial charge in [-0.1, -0.05) is 18.2 Å². The van der Waals surface area contributed by atoms with Crippen LogP contribution < -0.4 is 0 Å². The van der Waals surface area contributed by atoms with Crippen LogP contribution in [0.4, 0.5) is 4.39 Å². The van der Waals surface area contributed by atoms with E-state index in [4.69, 9.17) is 13.1 Å². The Morgan fingerprint density at radius 1 is 1.15 bits per heavy atom. The van der Waals surface area contributed by atoms with Gasteiger partial charge in [0.05, 0.1) is 10.9 Å². The van der Waals surface area contributed by atoms with Crippen LogP contribution >= 0.6 is 10.6 Å². The van der Waals surface area contributed by atoms with Crippen molar-refractivity contribution < 1.29 is 36.7 Å². The number of hydrogen-bond acceptors (Lipinski definition) is 8. The molecular formula is C24H22FNO7S. The van der Waals surface area contributed by atoms with E-state index < -0.39 is 40.4 Å². The third kappa shape index (κ3) is 3.97. The van der Waals surface area contributed by atoms with Crippen LogP contribution in [-0.4, -0.2) is 41.7 Å². The first kappa shape index (κ1) is 22.5. The normalized spacial score (nSPS) is 23.4. The molecule has 1 atom stereocenters. The lowest BCUT2D eigenvalue weighted by molar-refractivity contribution is -0.137. The van der Waals surface area contributed by atoms with Gasteiger partial charge in [0.25, 0.3) is 0 Å². The lowest BCUT2D eigenvalue weighted by atomic mass is 9.95. The first-order valence-corrected chi connectivity index (χ1v) is 12.4. The van der Waals surface area contributed by atoms with E-state index in [0.29, 0.717) is 22.6 Å². The summed E-state index contributed by atoms with van der Waals surface area (Å²) in [6.45, 7) is 1.72. The molecule has 10 heteroatoms. The highest BCUT2D eigenvalue weighted by Gasteiger charge is 2.49. The van der Waals surface area contributed by atoms with Gasteiger partial charge in [0.15, 0.2) is 5.78 Å². The fourth-order valence-corrected chi connectivity index (χ4v) is 7.02. The second-order valence-electron chi connectivity index (χ2n) is 8.47. The Hall–Kier alpha value is -3.24. The van der Waals surface area contributed by atoms with Crippen LogP contribution in [0, 0.1) is 11.7 Å². The third-order valence-electron chi connectivity index (χ3n) is 6.05. The molecule has 34 heavy (non-hydrogen) atoms. The van der Waals surface area contributed by atoms with Gasteiger partial charge in [-0.05, 0) is 35.1 Å². The summed E-state index contributed by atoms with van der Waals surface area (Å²) in [5, 5.41) is -0.0480. The molecular weight excluding hydrogens is 465 g/mol. The van der Waals surface area contributed by atoms with Crippen molar-refractivity contribution in [2.45, 2.75) is 32.2 Å². The minimum absolute atomic E-state index is 0.0325. The van der Waals surface area contributed by atoms with Crippen LogP contribution in [0.5, 0.6) is 0 Å². The number of fused-ring (bicyclic) bond motifs is 1. The molecule has 1 aromatic rings. The zero-order chi connectivity index (χ0) is 24.0. The topological polar surface area (TPSA) is 99.2 Å². The van der Waals surface area contributed by atoms with Crippen LogP contribution in [0.3, 0.4) is 0 Å². The van der Waals surface area contributed by atoms with Crippen molar-refractivity contribution in [3.8, 4) is 0 Å². The number of benzene rings is 1. The Bertz CT molecular complexity index is 1180. The number of rotatable bonds is 5. The van der Waals surface area contributed by atoms with Gasteiger partial charge in [0, 0.05) is 56.1 Å². The van der Waals surface area contributed by atoms with Crippen molar-refractivity contribution in [1.82, 2.24) is 4.90 Å². The number of esters is 1. The minimum Gasteiger partial charge on any atom is -0.408 e. The summed E-state index contributed by atoms with van der Waals surface area (Å²) in [6.07, 6.45) is 5.30. The van der Waals surface area contributed by atoms with Gasteiger partial charge >= 0.3 is 17.9 Å². The van der Waals surface area contributed by atoms with Gasteiger partial charge in [0.1, 0.15) is 5.82 Å². The molecule has 8 nitrogen and oxygen atoms in total. The van der Waals surface area contributed by atoms with Crippen LogP contribution in [0.2, 0.25) is 0 Å². The SMILES string of the molecule is CC(=O)OC1=CC2=C(CCN(C(C(=O)C3CC3)c3ccccc3F)C2)S12OC(=O)C=CC(=O)O2. The summed E-state index contributed by atoms with van der Waals surface area (Å²) in [6, 6.07) is 5.45. The molecule has 1 aliphatic carbocycles. The average molecular weight is 488 g/mol. The fourth-order valence-electron chi connectivity index (χ4n) is 4.45. The monoisotopic (exact) mass is 487 g/mol. The second-order valence-corrected chi connectivity index (χ2v) is 10.7. The molecule has 0 N–H and O–H groups in total. The van der Waals surface area contributed by atoms with Gasteiger partial charge in [-0.2, -0.15) is 0 Å². The fraction of sp³-hybridized carbons (Fsp3) is 0.333. The van der Waals surface area contributed by atoms with Gasteiger partial charge in [-0.3, -0.25) is 14.5 Å². The van der Waals surface area contributed by atoms with Gasteiger partial charge in [0.2, 0.25) is 5.09 Å². The maximum Gasteiger partial charge on any atom is 0.354 e. The number of halogens is 1. The van der Waals surface area contributed by atoms with Crippen molar-refractivity contribution >= 4 is 34.3 Å². The molecule has 0 bridgehead atoms. The minimum atomic E-state index is -3.13. The summed E-state index contributed by atoms with van der Waals surface area (Å²) in [5.41, 5.74) is 0.925. The molecule has 1 saturated carbocycles. The molecule has 178 valence electrons. The van der Waals surface area contributed by atoms with Crippen LogP contribution in [0.15, 0.2) is 58.1 Å². The van der Waals surface area contributed by atoms with Crippen molar-refractivity contribution in [3.05, 3.63) is 69.4 Å². The lowest BCUT2D eigenvalue weighted by Gasteiger charge is -2.42. The predicted octanol–water partition coefficient (Wildman–Crippen LogP) is 3.51. The predicted molar refractivity (Wildman–Crippen MR) is 119 cm³/mol. The quantitative estimate of drug-likeness (QED) is 0.582. The number of Topliss-reactive ketones (excluding diaryl/α,β-unsaturated/α-hetero) is 1. The van der Waals surface area contributed by atoms with Crippen molar-refractivity contribution in [2.75, 3.05) is 13.1 Å². The Morgan fingerprint density at radius 3 is 2.44 bits per heavy atom. The van der Waals surface area contributed by atoms with E-state index in [2.05, 4.69) is 0 Å². The second kappa shape index (κ2) is 8.52. The summed E-state index contributed by atoms with van der Waals surface area (Å²) in [4.78, 5) is 51.9. The molecule has 0 amide bonds. The number of carbonyl (C=O) groups excluding carboxylic acids is 4. The Kier molecular flexibility index (Phi) is 5.65. The highest BCUT2D eigenvalue weighted by Crippen LogP contribution is 2.70. The first-order chi connectivity index (χ1) is 16.3. The van der Waals surface area contributed by atoms with Crippen molar-refractivity contribution in [2.24, 2.45) is 5.92 Å². The summed E-state index contributed by atoms with van der Waals surface area (Å²) >= 11 is 0. The number of hydrogen-bond donors (Lipinski definition) is 0. The van der Waals surface area contributed by atoms with E-state index in [-0.39, 0.29) is 29.8 Å². The molecule has 5 rings (SSSR count). The van der Waals surface area contributed by atoms with E-state index in [0.717, 1.165) is 25.0 Å². The zero-order valence-electron chi connectivity index (χ0n) is 18.3. The molecule has 1 fully saturated rings. The number of ketones is 1. The number of carbonyl (C=O) groups is 4.